The highest BCUT2D eigenvalue weighted by atomic mass is 35.5. The smallest absolute Gasteiger partial charge is 0.258 e. The number of hydrogen-bond donors (Lipinski definition) is 1. The van der Waals surface area contributed by atoms with E-state index in [2.05, 4.69) is 5.32 Å². The van der Waals surface area contributed by atoms with Gasteiger partial charge >= 0.3 is 0 Å². The van der Waals surface area contributed by atoms with Gasteiger partial charge in [-0.3, -0.25) is 4.79 Å². The van der Waals surface area contributed by atoms with Gasteiger partial charge in [0.25, 0.3) is 5.91 Å². The van der Waals surface area contributed by atoms with Crippen LogP contribution in [0.3, 0.4) is 0 Å². The van der Waals surface area contributed by atoms with Crippen molar-refractivity contribution in [3.05, 3.63) is 58.6 Å². The molecule has 0 fully saturated rings. The number of hydrogen-bond acceptors (Lipinski definition) is 3. The van der Waals surface area contributed by atoms with Crippen LogP contribution in [0.4, 0.5) is 0 Å². The fourth-order valence-corrected chi connectivity index (χ4v) is 2.16. The van der Waals surface area contributed by atoms with E-state index < -0.39 is 0 Å². The molecule has 0 aliphatic heterocycles. The molecule has 0 heterocycles. The first-order valence-electron chi connectivity index (χ1n) is 7.46. The minimum Gasteiger partial charge on any atom is -0.494 e. The molecule has 0 atom stereocenters. The number of nitrogens with one attached hydrogen (secondary N) is 1. The van der Waals surface area contributed by atoms with Gasteiger partial charge < -0.3 is 14.8 Å². The Morgan fingerprint density at radius 3 is 2.70 bits per heavy atom. The molecule has 0 aliphatic rings. The summed E-state index contributed by atoms with van der Waals surface area (Å²) in [6, 6.07) is 12.9. The van der Waals surface area contributed by atoms with Gasteiger partial charge in [0.15, 0.2) is 6.61 Å². The zero-order chi connectivity index (χ0) is 16.7. The number of aryl methyl sites for hydroxylation is 1. The Morgan fingerprint density at radius 2 is 1.96 bits per heavy atom. The van der Waals surface area contributed by atoms with Gasteiger partial charge in [-0.25, -0.2) is 0 Å². The molecule has 0 saturated carbocycles. The lowest BCUT2D eigenvalue weighted by atomic mass is 10.2. The number of halogens is 1. The molecule has 0 bridgehead atoms. The lowest BCUT2D eigenvalue weighted by Gasteiger charge is -2.11. The topological polar surface area (TPSA) is 47.6 Å². The molecule has 2 aromatic carbocycles. The zero-order valence-corrected chi connectivity index (χ0v) is 14.0. The van der Waals surface area contributed by atoms with Crippen molar-refractivity contribution in [1.29, 1.82) is 0 Å². The normalized spacial score (nSPS) is 10.2. The maximum absolute atomic E-state index is 11.9. The van der Waals surface area contributed by atoms with Crippen LogP contribution in [0, 0.1) is 6.92 Å². The Hall–Kier alpha value is -2.20. The number of ether oxygens (including phenoxy) is 2. The van der Waals surface area contributed by atoms with Gasteiger partial charge in [0.1, 0.15) is 11.5 Å². The maximum Gasteiger partial charge on any atom is 0.258 e. The van der Waals surface area contributed by atoms with E-state index >= 15 is 0 Å². The highest BCUT2D eigenvalue weighted by Crippen LogP contribution is 2.21. The summed E-state index contributed by atoms with van der Waals surface area (Å²) in [6.45, 7) is 4.76. The largest absolute Gasteiger partial charge is 0.494 e. The van der Waals surface area contributed by atoms with Crippen molar-refractivity contribution in [1.82, 2.24) is 5.32 Å². The van der Waals surface area contributed by atoms with Crippen LogP contribution in [0.25, 0.3) is 0 Å². The first kappa shape index (κ1) is 17.2. The molecule has 1 amide bonds. The number of benzene rings is 2. The highest BCUT2D eigenvalue weighted by Gasteiger charge is 2.07. The van der Waals surface area contributed by atoms with Crippen LogP contribution in [-0.2, 0) is 11.3 Å². The van der Waals surface area contributed by atoms with Crippen molar-refractivity contribution < 1.29 is 14.3 Å². The van der Waals surface area contributed by atoms with E-state index in [9.17, 15) is 4.79 Å². The van der Waals surface area contributed by atoms with Gasteiger partial charge in [-0.05, 0) is 43.7 Å². The number of rotatable bonds is 7. The van der Waals surface area contributed by atoms with Crippen LogP contribution in [0.2, 0.25) is 5.02 Å². The third kappa shape index (κ3) is 5.18. The number of carbonyl (C=O) groups excluding carboxylic acids is 1. The van der Waals surface area contributed by atoms with E-state index in [1.54, 1.807) is 18.2 Å². The fourth-order valence-electron chi connectivity index (χ4n) is 2.05. The molecule has 0 aliphatic carbocycles. The van der Waals surface area contributed by atoms with Crippen molar-refractivity contribution in [2.24, 2.45) is 0 Å². The molecule has 0 aromatic heterocycles. The molecule has 5 heteroatoms. The summed E-state index contributed by atoms with van der Waals surface area (Å²) >= 11 is 5.95. The lowest BCUT2D eigenvalue weighted by Crippen LogP contribution is -2.28. The van der Waals surface area contributed by atoms with Gasteiger partial charge in [-0.2, -0.15) is 0 Å². The second-order valence-electron chi connectivity index (χ2n) is 5.02. The Bertz CT molecular complexity index is 673. The summed E-state index contributed by atoms with van der Waals surface area (Å²) in [6.07, 6.45) is 0. The quantitative estimate of drug-likeness (QED) is 0.839. The Labute approximate surface area is 141 Å². The predicted octanol–water partition coefficient (Wildman–Crippen LogP) is 3.74. The minimum absolute atomic E-state index is 0.0438. The van der Waals surface area contributed by atoms with Crippen molar-refractivity contribution in [2.75, 3.05) is 13.2 Å². The SMILES string of the molecule is CCOc1ccccc1CNC(=O)COc1ccc(Cl)c(C)c1. The third-order valence-corrected chi connectivity index (χ3v) is 3.67. The second kappa shape index (κ2) is 8.44. The molecule has 4 nitrogen and oxygen atoms in total. The van der Waals surface area contributed by atoms with E-state index in [0.29, 0.717) is 23.9 Å². The molecule has 2 aromatic rings. The summed E-state index contributed by atoms with van der Waals surface area (Å²) in [5, 5.41) is 3.50. The highest BCUT2D eigenvalue weighted by molar-refractivity contribution is 6.31. The van der Waals surface area contributed by atoms with Crippen LogP contribution >= 0.6 is 11.6 Å². The zero-order valence-electron chi connectivity index (χ0n) is 13.3. The van der Waals surface area contributed by atoms with Crippen molar-refractivity contribution in [2.45, 2.75) is 20.4 Å². The van der Waals surface area contributed by atoms with E-state index in [4.69, 9.17) is 21.1 Å². The van der Waals surface area contributed by atoms with E-state index in [1.165, 1.54) is 0 Å². The standard InChI is InChI=1S/C18H20ClNO3/c1-3-22-17-7-5-4-6-14(17)11-20-18(21)12-23-15-8-9-16(19)13(2)10-15/h4-10H,3,11-12H2,1-2H3,(H,20,21). The molecule has 0 spiro atoms. The Morgan fingerprint density at radius 1 is 1.17 bits per heavy atom. The number of amides is 1. The average molecular weight is 334 g/mol. The van der Waals surface area contributed by atoms with Gasteiger partial charge in [0.05, 0.1) is 6.61 Å². The Kier molecular flexibility index (Phi) is 6.29. The monoisotopic (exact) mass is 333 g/mol. The van der Waals surface area contributed by atoms with Crippen LogP contribution in [0.5, 0.6) is 11.5 Å². The first-order valence-corrected chi connectivity index (χ1v) is 7.84. The first-order chi connectivity index (χ1) is 11.1. The van der Waals surface area contributed by atoms with Gasteiger partial charge in [-0.15, -0.1) is 0 Å². The van der Waals surface area contributed by atoms with Crippen LogP contribution < -0.4 is 14.8 Å². The maximum atomic E-state index is 11.9. The van der Waals surface area contributed by atoms with Crippen molar-refractivity contribution in [3.8, 4) is 11.5 Å². The summed E-state index contributed by atoms with van der Waals surface area (Å²) < 4.78 is 11.0. The second-order valence-corrected chi connectivity index (χ2v) is 5.42. The molecular weight excluding hydrogens is 314 g/mol. The van der Waals surface area contributed by atoms with Crippen LogP contribution in [0.15, 0.2) is 42.5 Å². The molecule has 23 heavy (non-hydrogen) atoms. The van der Waals surface area contributed by atoms with Gasteiger partial charge in [0.2, 0.25) is 0 Å². The molecule has 2 rings (SSSR count). The number of carbonyl (C=O) groups is 1. The molecule has 0 saturated heterocycles. The van der Waals surface area contributed by atoms with E-state index in [1.807, 2.05) is 38.1 Å². The lowest BCUT2D eigenvalue weighted by molar-refractivity contribution is -0.123. The Balaban J connectivity index is 1.84. The molecule has 122 valence electrons. The predicted molar refractivity (Wildman–Crippen MR) is 91.1 cm³/mol. The molecular formula is C18H20ClNO3. The van der Waals surface area contributed by atoms with E-state index in [-0.39, 0.29) is 12.5 Å². The van der Waals surface area contributed by atoms with Gasteiger partial charge in [0, 0.05) is 17.1 Å². The van der Waals surface area contributed by atoms with Crippen molar-refractivity contribution >= 4 is 17.5 Å². The van der Waals surface area contributed by atoms with Crippen molar-refractivity contribution in [3.63, 3.8) is 0 Å². The van der Waals surface area contributed by atoms with Crippen LogP contribution in [-0.4, -0.2) is 19.1 Å². The van der Waals surface area contributed by atoms with Crippen LogP contribution in [0.1, 0.15) is 18.1 Å². The molecule has 1 N–H and O–H groups in total. The van der Waals surface area contributed by atoms with Gasteiger partial charge in [-0.1, -0.05) is 29.8 Å². The minimum atomic E-state index is -0.191. The third-order valence-electron chi connectivity index (χ3n) is 3.25. The summed E-state index contributed by atoms with van der Waals surface area (Å²) in [7, 11) is 0. The van der Waals surface area contributed by atoms with E-state index in [0.717, 1.165) is 16.9 Å². The number of para-hydroxylation sites is 1. The summed E-state index contributed by atoms with van der Waals surface area (Å²) in [5.41, 5.74) is 1.85. The fraction of sp³-hybridized carbons (Fsp3) is 0.278. The summed E-state index contributed by atoms with van der Waals surface area (Å²) in [4.78, 5) is 11.9. The molecule has 0 unspecified atom stereocenters. The summed E-state index contributed by atoms with van der Waals surface area (Å²) in [5.74, 6) is 1.21. The average Bonchev–Trinajstić information content (AvgIpc) is 2.55. The molecule has 0 radical (unpaired) electrons.